The molecule has 2 N–H and O–H groups in total. The summed E-state index contributed by atoms with van der Waals surface area (Å²) in [6.45, 7) is 7.88. The largest absolute Gasteiger partial charge is 0.490 e. The molecule has 1 aliphatic rings. The Hall–Kier alpha value is -3.51. The van der Waals surface area contributed by atoms with Crippen LogP contribution in [0.2, 0.25) is 0 Å². The molecular weight excluding hydrogens is 592 g/mol. The van der Waals surface area contributed by atoms with Gasteiger partial charge < -0.3 is 19.5 Å². The van der Waals surface area contributed by atoms with Crippen molar-refractivity contribution in [1.82, 2.24) is 14.8 Å². The molecule has 1 aliphatic heterocycles. The third-order valence-electron chi connectivity index (χ3n) is 8.05. The van der Waals surface area contributed by atoms with Gasteiger partial charge in [-0.3, -0.25) is 19.4 Å². The summed E-state index contributed by atoms with van der Waals surface area (Å²) in [5, 5.41) is 10.2. The van der Waals surface area contributed by atoms with Crippen molar-refractivity contribution in [2.75, 3.05) is 38.1 Å². The molecule has 0 unspecified atom stereocenters. The summed E-state index contributed by atoms with van der Waals surface area (Å²) >= 11 is 0. The van der Waals surface area contributed by atoms with E-state index in [1.54, 1.807) is 54.5 Å². The second-order valence-corrected chi connectivity index (χ2v) is 13.7. The first-order chi connectivity index (χ1) is 21.6. The molecule has 0 spiro atoms. The van der Waals surface area contributed by atoms with Crippen LogP contribution in [0.4, 0.5) is 5.69 Å². The van der Waals surface area contributed by atoms with E-state index in [1.807, 2.05) is 26.1 Å². The van der Waals surface area contributed by atoms with E-state index < -0.39 is 16.1 Å². The maximum Gasteiger partial charge on any atom is 0.261 e. The number of sulfonamides is 1. The van der Waals surface area contributed by atoms with E-state index in [4.69, 9.17) is 9.47 Å². The summed E-state index contributed by atoms with van der Waals surface area (Å²) < 4.78 is 41.5. The normalized spacial score (nSPS) is 21.0. The number of rotatable bonds is 9. The average molecular weight is 639 g/mol. The number of benzene rings is 2. The summed E-state index contributed by atoms with van der Waals surface area (Å²) in [6, 6.07) is 16.3. The van der Waals surface area contributed by atoms with Crippen LogP contribution in [0.15, 0.2) is 78.0 Å². The molecule has 0 radical (unpaired) electrons. The quantitative estimate of drug-likeness (QED) is 0.343. The maximum absolute atomic E-state index is 14.3. The number of aliphatic hydroxyl groups excluding tert-OH is 1. The van der Waals surface area contributed by atoms with E-state index in [9.17, 15) is 18.3 Å². The Kier molecular flexibility index (Phi) is 12.3. The fraction of sp³-hybridized carbons (Fsp3) is 0.471. The van der Waals surface area contributed by atoms with Crippen LogP contribution in [0, 0.1) is 5.92 Å². The van der Waals surface area contributed by atoms with Crippen molar-refractivity contribution in [3.63, 3.8) is 0 Å². The Morgan fingerprint density at radius 1 is 1.09 bits per heavy atom. The van der Waals surface area contributed by atoms with Crippen LogP contribution in [0.3, 0.4) is 0 Å². The van der Waals surface area contributed by atoms with Gasteiger partial charge in [-0.15, -0.1) is 0 Å². The van der Waals surface area contributed by atoms with Crippen molar-refractivity contribution in [2.24, 2.45) is 5.92 Å². The molecule has 1 amide bonds. The first-order valence-corrected chi connectivity index (χ1v) is 17.0. The number of anilines is 1. The lowest BCUT2D eigenvalue weighted by atomic mass is 10.0. The summed E-state index contributed by atoms with van der Waals surface area (Å²) in [5.74, 6) is -0.0546. The van der Waals surface area contributed by atoms with E-state index in [-0.39, 0.29) is 46.8 Å². The molecule has 4 rings (SSSR count). The number of fused-ring (bicyclic) bond motifs is 1. The molecule has 0 bridgehead atoms. The number of aromatic nitrogens is 1. The number of likely N-dealkylation sites (N-methyl/N-ethyl adjacent to an activating group) is 1. The number of hydrogen-bond donors (Lipinski definition) is 2. The SMILES string of the molecule is C[C@@H]1CCCCO[C@H](CN(C)Cc2ccncc2)[C@@H](C)CN([C@H](C)CO)C(=O)c2cc(NS(=O)(=O)c3ccccc3)ccc2O1. The lowest BCUT2D eigenvalue weighted by molar-refractivity contribution is -0.0177. The number of carbonyl (C=O) groups excluding carboxylic acids is 1. The number of pyridine rings is 1. The Morgan fingerprint density at radius 3 is 2.53 bits per heavy atom. The van der Waals surface area contributed by atoms with E-state index in [0.29, 0.717) is 25.4 Å². The van der Waals surface area contributed by atoms with Crippen molar-refractivity contribution >= 4 is 21.6 Å². The zero-order valence-electron chi connectivity index (χ0n) is 26.6. The second kappa shape index (κ2) is 16.2. The van der Waals surface area contributed by atoms with E-state index in [0.717, 1.165) is 31.4 Å². The smallest absolute Gasteiger partial charge is 0.261 e. The number of aliphatic hydroxyl groups is 1. The minimum atomic E-state index is -3.88. The van der Waals surface area contributed by atoms with Gasteiger partial charge in [-0.25, -0.2) is 8.42 Å². The highest BCUT2D eigenvalue weighted by molar-refractivity contribution is 7.92. The third-order valence-corrected chi connectivity index (χ3v) is 9.45. The van der Waals surface area contributed by atoms with Crippen LogP contribution >= 0.6 is 0 Å². The van der Waals surface area contributed by atoms with Gasteiger partial charge in [-0.05, 0) is 88.2 Å². The fourth-order valence-electron chi connectivity index (χ4n) is 5.43. The molecule has 3 aromatic rings. The van der Waals surface area contributed by atoms with Gasteiger partial charge in [-0.2, -0.15) is 0 Å². The highest BCUT2D eigenvalue weighted by Crippen LogP contribution is 2.29. The van der Waals surface area contributed by atoms with Crippen LogP contribution in [0.5, 0.6) is 5.75 Å². The van der Waals surface area contributed by atoms with Crippen molar-refractivity contribution in [3.8, 4) is 5.75 Å². The number of nitrogens with zero attached hydrogens (tertiary/aromatic N) is 3. The molecule has 0 aliphatic carbocycles. The van der Waals surface area contributed by atoms with Gasteiger partial charge in [0, 0.05) is 50.2 Å². The van der Waals surface area contributed by atoms with Gasteiger partial charge in [0.25, 0.3) is 15.9 Å². The lowest BCUT2D eigenvalue weighted by Gasteiger charge is -2.36. The molecule has 2 heterocycles. The van der Waals surface area contributed by atoms with Gasteiger partial charge in [0.15, 0.2) is 0 Å². The first kappa shape index (κ1) is 34.4. The number of ether oxygens (including phenoxy) is 2. The Morgan fingerprint density at radius 2 is 1.82 bits per heavy atom. The number of hydrogen-bond acceptors (Lipinski definition) is 8. The molecule has 2 aromatic carbocycles. The van der Waals surface area contributed by atoms with Gasteiger partial charge in [-0.1, -0.05) is 25.1 Å². The molecule has 0 saturated carbocycles. The second-order valence-electron chi connectivity index (χ2n) is 12.0. The molecule has 11 heteroatoms. The molecule has 45 heavy (non-hydrogen) atoms. The topological polar surface area (TPSA) is 121 Å². The van der Waals surface area contributed by atoms with Crippen LogP contribution < -0.4 is 9.46 Å². The molecule has 0 saturated heterocycles. The molecule has 1 aromatic heterocycles. The van der Waals surface area contributed by atoms with Crippen LogP contribution in [0.1, 0.15) is 56.0 Å². The number of nitrogens with one attached hydrogen (secondary N) is 1. The summed E-state index contributed by atoms with van der Waals surface area (Å²) in [4.78, 5) is 22.4. The lowest BCUT2D eigenvalue weighted by Crippen LogP contribution is -2.47. The van der Waals surface area contributed by atoms with E-state index in [1.165, 1.54) is 18.2 Å². The minimum Gasteiger partial charge on any atom is -0.490 e. The van der Waals surface area contributed by atoms with Crippen LogP contribution in [-0.4, -0.2) is 85.8 Å². The summed E-state index contributed by atoms with van der Waals surface area (Å²) in [5.41, 5.74) is 1.62. The standard InChI is InChI=1S/C34H46N4O6S/c1-25-21-38(26(2)24-39)34(40)31-20-29(36-45(41,42)30-11-6-5-7-12-30)13-14-32(31)44-27(3)10-8-9-19-43-33(25)23-37(4)22-28-15-17-35-18-16-28/h5-7,11-18,20,25-27,33,36,39H,8-10,19,21-24H2,1-4H3/t25-,26+,27+,33+/m0/s1. The summed E-state index contributed by atoms with van der Waals surface area (Å²) in [7, 11) is -1.83. The van der Waals surface area contributed by atoms with Gasteiger partial charge in [0.05, 0.1) is 35.3 Å². The zero-order chi connectivity index (χ0) is 32.4. The Bertz CT molecular complexity index is 1470. The molecule has 244 valence electrons. The zero-order valence-corrected chi connectivity index (χ0v) is 27.4. The third kappa shape index (κ3) is 9.74. The fourth-order valence-corrected chi connectivity index (χ4v) is 6.50. The molecule has 10 nitrogen and oxygen atoms in total. The number of carbonyl (C=O) groups is 1. The highest BCUT2D eigenvalue weighted by Gasteiger charge is 2.30. The van der Waals surface area contributed by atoms with Gasteiger partial charge in [0.2, 0.25) is 0 Å². The van der Waals surface area contributed by atoms with E-state index >= 15 is 0 Å². The number of amides is 1. The molecule has 0 fully saturated rings. The Balaban J connectivity index is 1.64. The molecule has 4 atom stereocenters. The van der Waals surface area contributed by atoms with Crippen molar-refractivity contribution in [2.45, 2.75) is 69.7 Å². The average Bonchev–Trinajstić information content (AvgIpc) is 3.03. The predicted octanol–water partition coefficient (Wildman–Crippen LogP) is 4.81. The van der Waals surface area contributed by atoms with Crippen LogP contribution in [-0.2, 0) is 21.3 Å². The molecular formula is C34H46N4O6S. The summed E-state index contributed by atoms with van der Waals surface area (Å²) in [6.07, 6.45) is 5.73. The van der Waals surface area contributed by atoms with Crippen LogP contribution in [0.25, 0.3) is 0 Å². The first-order valence-electron chi connectivity index (χ1n) is 15.6. The van der Waals surface area contributed by atoms with Crippen molar-refractivity contribution in [1.29, 1.82) is 0 Å². The van der Waals surface area contributed by atoms with Crippen molar-refractivity contribution in [3.05, 3.63) is 84.2 Å². The Labute approximate surface area is 267 Å². The van der Waals surface area contributed by atoms with E-state index in [2.05, 4.69) is 21.5 Å². The van der Waals surface area contributed by atoms with Gasteiger partial charge in [0.1, 0.15) is 5.75 Å². The van der Waals surface area contributed by atoms with Crippen molar-refractivity contribution < 1.29 is 27.8 Å². The monoisotopic (exact) mass is 638 g/mol. The van der Waals surface area contributed by atoms with Gasteiger partial charge >= 0.3 is 0 Å². The minimum absolute atomic E-state index is 0.0751. The maximum atomic E-state index is 14.3. The predicted molar refractivity (Wildman–Crippen MR) is 175 cm³/mol. The highest BCUT2D eigenvalue weighted by atomic mass is 32.2.